The molecule has 0 spiro atoms. The topological polar surface area (TPSA) is 107 Å². The van der Waals surface area contributed by atoms with Gasteiger partial charge >= 0.3 is 5.97 Å². The van der Waals surface area contributed by atoms with Gasteiger partial charge in [-0.3, -0.25) is 4.79 Å². The summed E-state index contributed by atoms with van der Waals surface area (Å²) in [4.78, 5) is 10.8. The summed E-state index contributed by atoms with van der Waals surface area (Å²) in [7, 11) is -3.80. The minimum Gasteiger partial charge on any atom is -0.481 e. The highest BCUT2D eigenvalue weighted by atomic mass is 32.2. The molecule has 20 heavy (non-hydrogen) atoms. The molecule has 0 heterocycles. The molecular weight excluding hydrogens is 280 g/mol. The number of carboxylic acid groups (broad SMARTS) is 1. The first-order valence-corrected chi connectivity index (χ1v) is 7.66. The number of carbonyl (C=O) groups is 1. The van der Waals surface area contributed by atoms with Crippen LogP contribution in [0.25, 0.3) is 0 Å². The zero-order valence-electron chi connectivity index (χ0n) is 10.6. The fourth-order valence-electron chi connectivity index (χ4n) is 2.39. The maximum atomic E-state index is 12.2. The monoisotopic (exact) mass is 294 g/mol. The number of nitrogens with zero attached hydrogens (tertiary/aromatic N) is 1. The maximum Gasteiger partial charge on any atom is 0.306 e. The Morgan fingerprint density at radius 1 is 1.35 bits per heavy atom. The van der Waals surface area contributed by atoms with Crippen molar-refractivity contribution < 1.29 is 18.3 Å². The highest BCUT2D eigenvalue weighted by molar-refractivity contribution is 7.89. The van der Waals surface area contributed by atoms with Gasteiger partial charge in [0.05, 0.1) is 16.4 Å². The molecule has 1 fully saturated rings. The van der Waals surface area contributed by atoms with Crippen LogP contribution < -0.4 is 4.72 Å². The van der Waals surface area contributed by atoms with Crippen molar-refractivity contribution in [2.24, 2.45) is 5.92 Å². The molecule has 2 N–H and O–H groups in total. The number of nitriles is 1. The maximum absolute atomic E-state index is 12.2. The molecule has 0 amide bonds. The van der Waals surface area contributed by atoms with Crippen LogP contribution in [0.1, 0.15) is 24.8 Å². The van der Waals surface area contributed by atoms with Gasteiger partial charge in [-0.05, 0) is 31.4 Å². The first-order chi connectivity index (χ1) is 9.44. The van der Waals surface area contributed by atoms with Gasteiger partial charge in [0.15, 0.2) is 0 Å². The van der Waals surface area contributed by atoms with Crippen LogP contribution in [0, 0.1) is 17.2 Å². The van der Waals surface area contributed by atoms with E-state index in [-0.39, 0.29) is 16.9 Å². The standard InChI is InChI=1S/C13H14N2O4S/c14-8-10-3-1-2-4-12(10)20(18,19)15-11-6-5-9(7-11)13(16)17/h1-4,9,11,15H,5-7H2,(H,16,17). The van der Waals surface area contributed by atoms with Crippen LogP contribution in [0.15, 0.2) is 29.2 Å². The number of sulfonamides is 1. The molecule has 1 aromatic carbocycles. The molecule has 1 aliphatic carbocycles. The number of aliphatic carboxylic acids is 1. The summed E-state index contributed by atoms with van der Waals surface area (Å²) in [6.45, 7) is 0. The van der Waals surface area contributed by atoms with Gasteiger partial charge in [0, 0.05) is 6.04 Å². The Bertz CT molecular complexity index is 663. The Labute approximate surface area is 117 Å². The van der Waals surface area contributed by atoms with Crippen molar-refractivity contribution >= 4 is 16.0 Å². The predicted octanol–water partition coefficient (Wildman–Crippen LogP) is 1.09. The Morgan fingerprint density at radius 2 is 2.05 bits per heavy atom. The minimum absolute atomic E-state index is 0.0683. The van der Waals surface area contributed by atoms with Crippen LogP contribution >= 0.6 is 0 Å². The van der Waals surface area contributed by atoms with Crippen molar-refractivity contribution in [3.8, 4) is 6.07 Å². The van der Waals surface area contributed by atoms with E-state index in [1.54, 1.807) is 12.1 Å². The van der Waals surface area contributed by atoms with Crippen molar-refractivity contribution in [1.29, 1.82) is 5.26 Å². The summed E-state index contributed by atoms with van der Waals surface area (Å²) < 4.78 is 27.0. The molecular formula is C13H14N2O4S. The van der Waals surface area contributed by atoms with Gasteiger partial charge in [0.25, 0.3) is 0 Å². The molecule has 106 valence electrons. The van der Waals surface area contributed by atoms with E-state index in [0.29, 0.717) is 12.8 Å². The van der Waals surface area contributed by atoms with Gasteiger partial charge in [0.2, 0.25) is 10.0 Å². The van der Waals surface area contributed by atoms with Crippen molar-refractivity contribution in [2.45, 2.75) is 30.2 Å². The molecule has 1 aliphatic rings. The zero-order chi connectivity index (χ0) is 14.8. The van der Waals surface area contributed by atoms with Crippen molar-refractivity contribution in [1.82, 2.24) is 4.72 Å². The summed E-state index contributed by atoms with van der Waals surface area (Å²) >= 11 is 0. The second-order valence-corrected chi connectivity index (χ2v) is 6.46. The quantitative estimate of drug-likeness (QED) is 0.864. The molecule has 1 saturated carbocycles. The van der Waals surface area contributed by atoms with E-state index in [9.17, 15) is 13.2 Å². The summed E-state index contributed by atoms with van der Waals surface area (Å²) in [5, 5.41) is 17.8. The second kappa shape index (κ2) is 5.61. The van der Waals surface area contributed by atoms with E-state index in [2.05, 4.69) is 4.72 Å². The molecule has 1 aromatic rings. The predicted molar refractivity (Wildman–Crippen MR) is 70.2 cm³/mol. The van der Waals surface area contributed by atoms with Gasteiger partial charge in [0.1, 0.15) is 6.07 Å². The van der Waals surface area contributed by atoms with Gasteiger partial charge < -0.3 is 5.11 Å². The fourth-order valence-corrected chi connectivity index (χ4v) is 3.83. The highest BCUT2D eigenvalue weighted by Gasteiger charge is 2.32. The summed E-state index contributed by atoms with van der Waals surface area (Å²) in [6, 6.07) is 7.38. The van der Waals surface area contributed by atoms with Gasteiger partial charge in [-0.1, -0.05) is 12.1 Å². The van der Waals surface area contributed by atoms with Crippen LogP contribution in [0.5, 0.6) is 0 Å². The summed E-state index contributed by atoms with van der Waals surface area (Å²) in [5.41, 5.74) is 0.0766. The van der Waals surface area contributed by atoms with Crippen molar-refractivity contribution in [3.05, 3.63) is 29.8 Å². The van der Waals surface area contributed by atoms with Crippen LogP contribution in [-0.4, -0.2) is 25.5 Å². The van der Waals surface area contributed by atoms with E-state index < -0.39 is 28.0 Å². The van der Waals surface area contributed by atoms with Crippen LogP contribution in [0.2, 0.25) is 0 Å². The van der Waals surface area contributed by atoms with Gasteiger partial charge in [-0.25, -0.2) is 13.1 Å². The van der Waals surface area contributed by atoms with E-state index in [4.69, 9.17) is 10.4 Å². The molecule has 0 aliphatic heterocycles. The third-order valence-electron chi connectivity index (χ3n) is 3.40. The Kier molecular flexibility index (Phi) is 4.06. The summed E-state index contributed by atoms with van der Waals surface area (Å²) in [6.07, 6.45) is 1.23. The number of hydrogen-bond donors (Lipinski definition) is 2. The van der Waals surface area contributed by atoms with Gasteiger partial charge in [-0.15, -0.1) is 0 Å². The number of nitrogens with one attached hydrogen (secondary N) is 1. The van der Waals surface area contributed by atoms with E-state index in [1.165, 1.54) is 12.1 Å². The largest absolute Gasteiger partial charge is 0.481 e. The van der Waals surface area contributed by atoms with Crippen molar-refractivity contribution in [2.75, 3.05) is 0 Å². The first-order valence-electron chi connectivity index (χ1n) is 6.18. The molecule has 2 atom stereocenters. The lowest BCUT2D eigenvalue weighted by Crippen LogP contribution is -2.33. The number of benzene rings is 1. The van der Waals surface area contributed by atoms with E-state index in [0.717, 1.165) is 0 Å². The average Bonchev–Trinajstić information content (AvgIpc) is 2.86. The molecule has 0 radical (unpaired) electrons. The van der Waals surface area contributed by atoms with Crippen LogP contribution in [0.3, 0.4) is 0 Å². The summed E-state index contributed by atoms with van der Waals surface area (Å²) in [5.74, 6) is -1.40. The Balaban J connectivity index is 2.17. The number of hydrogen-bond acceptors (Lipinski definition) is 4. The number of carboxylic acids is 1. The van der Waals surface area contributed by atoms with E-state index in [1.807, 2.05) is 6.07 Å². The molecule has 6 nitrogen and oxygen atoms in total. The number of rotatable bonds is 4. The lowest BCUT2D eigenvalue weighted by Gasteiger charge is -2.13. The Hall–Kier alpha value is -1.91. The third-order valence-corrected chi connectivity index (χ3v) is 4.98. The second-order valence-electron chi connectivity index (χ2n) is 4.77. The van der Waals surface area contributed by atoms with Crippen LogP contribution in [0.4, 0.5) is 0 Å². The first kappa shape index (κ1) is 14.5. The van der Waals surface area contributed by atoms with E-state index >= 15 is 0 Å². The van der Waals surface area contributed by atoms with Gasteiger partial charge in [-0.2, -0.15) is 5.26 Å². The van der Waals surface area contributed by atoms with Crippen molar-refractivity contribution in [3.63, 3.8) is 0 Å². The fraction of sp³-hybridized carbons (Fsp3) is 0.385. The lowest BCUT2D eigenvalue weighted by molar-refractivity contribution is -0.141. The third kappa shape index (κ3) is 2.98. The highest BCUT2D eigenvalue weighted by Crippen LogP contribution is 2.27. The molecule has 0 saturated heterocycles. The molecule has 0 bridgehead atoms. The smallest absolute Gasteiger partial charge is 0.306 e. The molecule has 2 unspecified atom stereocenters. The normalized spacial score (nSPS) is 22.4. The molecule has 0 aromatic heterocycles. The SMILES string of the molecule is N#Cc1ccccc1S(=O)(=O)NC1CCC(C(=O)O)C1. The minimum atomic E-state index is -3.80. The zero-order valence-corrected chi connectivity index (χ0v) is 11.4. The average molecular weight is 294 g/mol. The molecule has 7 heteroatoms. The van der Waals surface area contributed by atoms with Crippen LogP contribution in [-0.2, 0) is 14.8 Å². The Morgan fingerprint density at radius 3 is 2.65 bits per heavy atom. The molecule has 2 rings (SSSR count). The lowest BCUT2D eigenvalue weighted by atomic mass is 10.1.